The summed E-state index contributed by atoms with van der Waals surface area (Å²) >= 11 is 0. The number of sulfonamides is 1. The van der Waals surface area contributed by atoms with E-state index in [1.165, 1.54) is 7.05 Å². The highest BCUT2D eigenvalue weighted by Crippen LogP contribution is 2.26. The van der Waals surface area contributed by atoms with E-state index in [2.05, 4.69) is 15.4 Å². The second kappa shape index (κ2) is 9.33. The number of rotatable bonds is 9. The molecule has 0 aliphatic carbocycles. The molecule has 0 aliphatic heterocycles. The summed E-state index contributed by atoms with van der Waals surface area (Å²) in [7, 11) is -1.69. The van der Waals surface area contributed by atoms with E-state index in [1.807, 2.05) is 6.07 Å². The lowest BCUT2D eigenvalue weighted by Gasteiger charge is -2.14. The fraction of sp³-hybridized carbons (Fsp3) is 0.500. The van der Waals surface area contributed by atoms with Crippen LogP contribution in [0.15, 0.2) is 18.2 Å². The number of ether oxygens (including phenoxy) is 1. The molecule has 1 aromatic rings. The Kier molecular flexibility index (Phi) is 7.79. The van der Waals surface area contributed by atoms with E-state index in [1.54, 1.807) is 12.1 Å². The molecule has 0 bridgehead atoms. The molecule has 23 heavy (non-hydrogen) atoms. The molecule has 9 heteroatoms. The first-order valence-electron chi connectivity index (χ1n) is 7.25. The number of hydrogen-bond acceptors (Lipinski definition) is 5. The largest absolute Gasteiger partial charge is 0.491 e. The van der Waals surface area contributed by atoms with Gasteiger partial charge in [0, 0.05) is 13.6 Å². The maximum Gasteiger partial charge on any atom is 0.319 e. The topological polar surface area (TPSA) is 123 Å². The van der Waals surface area contributed by atoms with Crippen molar-refractivity contribution in [2.24, 2.45) is 5.73 Å². The Morgan fingerprint density at radius 2 is 2.09 bits per heavy atom. The summed E-state index contributed by atoms with van der Waals surface area (Å²) in [5.74, 6) is 0.527. The third kappa shape index (κ3) is 7.82. The summed E-state index contributed by atoms with van der Waals surface area (Å²) in [5.41, 5.74) is 6.88. The van der Waals surface area contributed by atoms with Crippen molar-refractivity contribution in [2.45, 2.75) is 12.8 Å². The molecule has 0 atom stereocenters. The molecule has 5 N–H and O–H groups in total. The lowest BCUT2D eigenvalue weighted by atomic mass is 10.1. The van der Waals surface area contributed by atoms with Crippen LogP contribution < -0.4 is 25.8 Å². The van der Waals surface area contributed by atoms with Gasteiger partial charge in [0.2, 0.25) is 10.0 Å². The molecule has 1 rings (SSSR count). The predicted octanol–water partition coefficient (Wildman–Crippen LogP) is 0.257. The van der Waals surface area contributed by atoms with Gasteiger partial charge in [0.15, 0.2) is 0 Å². The maximum atomic E-state index is 11.5. The third-order valence-electron chi connectivity index (χ3n) is 2.91. The van der Waals surface area contributed by atoms with Gasteiger partial charge in [-0.3, -0.25) is 0 Å². The van der Waals surface area contributed by atoms with Crippen LogP contribution in [-0.4, -0.2) is 47.4 Å². The number of carbonyl (C=O) groups is 1. The average Bonchev–Trinajstić information content (AvgIpc) is 2.48. The van der Waals surface area contributed by atoms with Crippen molar-refractivity contribution >= 4 is 21.7 Å². The molecule has 8 nitrogen and oxygen atoms in total. The van der Waals surface area contributed by atoms with Gasteiger partial charge in [-0.1, -0.05) is 6.07 Å². The van der Waals surface area contributed by atoms with Crippen LogP contribution in [0.4, 0.5) is 10.5 Å². The molecule has 0 saturated heterocycles. The minimum Gasteiger partial charge on any atom is -0.491 e. The Labute approximate surface area is 136 Å². The van der Waals surface area contributed by atoms with E-state index in [9.17, 15) is 13.2 Å². The van der Waals surface area contributed by atoms with E-state index in [0.717, 1.165) is 11.8 Å². The van der Waals surface area contributed by atoms with Crippen molar-refractivity contribution in [3.63, 3.8) is 0 Å². The van der Waals surface area contributed by atoms with Crippen molar-refractivity contribution in [3.05, 3.63) is 23.8 Å². The van der Waals surface area contributed by atoms with Crippen molar-refractivity contribution in [1.82, 2.24) is 10.0 Å². The number of benzene rings is 1. The maximum absolute atomic E-state index is 11.5. The van der Waals surface area contributed by atoms with Crippen LogP contribution in [0.5, 0.6) is 5.75 Å². The molecular weight excluding hydrogens is 320 g/mol. The van der Waals surface area contributed by atoms with Gasteiger partial charge < -0.3 is 21.1 Å². The fourth-order valence-electron chi connectivity index (χ4n) is 1.78. The first kappa shape index (κ1) is 19.2. The van der Waals surface area contributed by atoms with Crippen LogP contribution in [0.25, 0.3) is 0 Å². The first-order chi connectivity index (χ1) is 10.9. The van der Waals surface area contributed by atoms with Gasteiger partial charge in [0.1, 0.15) is 5.75 Å². The van der Waals surface area contributed by atoms with Crippen molar-refractivity contribution in [3.8, 4) is 5.75 Å². The van der Waals surface area contributed by atoms with Gasteiger partial charge in [-0.25, -0.2) is 17.9 Å². The number of anilines is 1. The summed E-state index contributed by atoms with van der Waals surface area (Å²) in [6.45, 7) is 1.24. The van der Waals surface area contributed by atoms with E-state index in [0.29, 0.717) is 44.0 Å². The first-order valence-corrected chi connectivity index (χ1v) is 9.14. The zero-order valence-electron chi connectivity index (χ0n) is 13.4. The molecule has 0 aliphatic rings. The van der Waals surface area contributed by atoms with Crippen LogP contribution in [0, 0.1) is 0 Å². The van der Waals surface area contributed by atoms with Crippen LogP contribution in [0.1, 0.15) is 12.0 Å². The summed E-state index contributed by atoms with van der Waals surface area (Å²) in [6, 6.07) is 4.97. The van der Waals surface area contributed by atoms with Gasteiger partial charge in [-0.2, -0.15) is 0 Å². The fourth-order valence-corrected chi connectivity index (χ4v) is 2.25. The molecule has 0 fully saturated rings. The zero-order valence-corrected chi connectivity index (χ0v) is 14.2. The Morgan fingerprint density at radius 3 is 2.70 bits per heavy atom. The van der Waals surface area contributed by atoms with Crippen LogP contribution >= 0.6 is 0 Å². The molecule has 0 heterocycles. The number of nitrogens with one attached hydrogen (secondary N) is 3. The number of carbonyl (C=O) groups excluding carboxylic acids is 1. The zero-order chi connectivity index (χ0) is 17.3. The van der Waals surface area contributed by atoms with Crippen LogP contribution in [0.2, 0.25) is 0 Å². The standard InChI is InChI=1S/C14H24N4O4S/c1-16-14(19)18-12-5-4-11(6-8-17-23(2,20)21)10-13(12)22-9-3-7-15/h4-5,10,17H,3,6-9,15H2,1-2H3,(H2,16,18,19). The molecule has 0 saturated carbocycles. The van der Waals surface area contributed by atoms with Crippen molar-refractivity contribution in [2.75, 3.05) is 38.3 Å². The average molecular weight is 344 g/mol. The monoisotopic (exact) mass is 344 g/mol. The van der Waals surface area contributed by atoms with Crippen LogP contribution in [0.3, 0.4) is 0 Å². The summed E-state index contributed by atoms with van der Waals surface area (Å²) in [4.78, 5) is 11.5. The Morgan fingerprint density at radius 1 is 1.35 bits per heavy atom. The van der Waals surface area contributed by atoms with Gasteiger partial charge in [0.25, 0.3) is 0 Å². The van der Waals surface area contributed by atoms with Gasteiger partial charge >= 0.3 is 6.03 Å². The number of urea groups is 1. The lowest BCUT2D eigenvalue weighted by molar-refractivity contribution is 0.253. The summed E-state index contributed by atoms with van der Waals surface area (Å²) in [5, 5.41) is 5.15. The lowest BCUT2D eigenvalue weighted by Crippen LogP contribution is -2.25. The molecule has 2 amide bonds. The highest BCUT2D eigenvalue weighted by Gasteiger charge is 2.09. The smallest absolute Gasteiger partial charge is 0.319 e. The van der Waals surface area contributed by atoms with E-state index in [-0.39, 0.29) is 6.03 Å². The molecule has 0 radical (unpaired) electrons. The van der Waals surface area contributed by atoms with Gasteiger partial charge in [-0.05, 0) is 37.1 Å². The van der Waals surface area contributed by atoms with Gasteiger partial charge in [0.05, 0.1) is 18.6 Å². The van der Waals surface area contributed by atoms with E-state index in [4.69, 9.17) is 10.5 Å². The second-order valence-electron chi connectivity index (χ2n) is 4.94. The Hall–Kier alpha value is -1.84. The minimum atomic E-state index is -3.21. The predicted molar refractivity (Wildman–Crippen MR) is 90.2 cm³/mol. The quantitative estimate of drug-likeness (QED) is 0.479. The summed E-state index contributed by atoms with van der Waals surface area (Å²) in [6.07, 6.45) is 2.32. The summed E-state index contributed by atoms with van der Waals surface area (Å²) < 4.78 is 30.2. The Bertz CT molecular complexity index is 619. The number of hydrogen-bond donors (Lipinski definition) is 4. The minimum absolute atomic E-state index is 0.295. The van der Waals surface area contributed by atoms with Crippen molar-refractivity contribution in [1.29, 1.82) is 0 Å². The van der Waals surface area contributed by atoms with Gasteiger partial charge in [-0.15, -0.1) is 0 Å². The Balaban J connectivity index is 2.80. The molecule has 1 aromatic carbocycles. The highest BCUT2D eigenvalue weighted by molar-refractivity contribution is 7.88. The van der Waals surface area contributed by atoms with Crippen molar-refractivity contribution < 1.29 is 17.9 Å². The third-order valence-corrected chi connectivity index (χ3v) is 3.63. The molecule has 0 spiro atoms. The highest BCUT2D eigenvalue weighted by atomic mass is 32.2. The molecular formula is C14H24N4O4S. The van der Waals surface area contributed by atoms with E-state index >= 15 is 0 Å². The number of nitrogens with two attached hydrogens (primary N) is 1. The second-order valence-corrected chi connectivity index (χ2v) is 6.77. The molecule has 0 aromatic heterocycles. The molecule has 0 unspecified atom stereocenters. The van der Waals surface area contributed by atoms with Crippen LogP contribution in [-0.2, 0) is 16.4 Å². The molecule has 130 valence electrons. The normalized spacial score (nSPS) is 11.1. The SMILES string of the molecule is CNC(=O)Nc1ccc(CCNS(C)(=O)=O)cc1OCCCN. The van der Waals surface area contributed by atoms with E-state index < -0.39 is 10.0 Å². The number of amides is 2.